The zero-order valence-corrected chi connectivity index (χ0v) is 20.2. The number of rotatable bonds is 7. The van der Waals surface area contributed by atoms with Crippen LogP contribution in [0.2, 0.25) is 0 Å². The summed E-state index contributed by atoms with van der Waals surface area (Å²) in [5.41, 5.74) is 1.62. The molecule has 9 nitrogen and oxygen atoms in total. The third kappa shape index (κ3) is 5.60. The van der Waals surface area contributed by atoms with Crippen molar-refractivity contribution in [1.29, 1.82) is 0 Å². The molecule has 1 aliphatic carbocycles. The minimum atomic E-state index is -4.13. The number of nitrogens with zero attached hydrogens (tertiary/aromatic N) is 2. The molecule has 3 N–H and O–H groups in total. The number of benzene rings is 2. The zero-order valence-electron chi connectivity index (χ0n) is 18.6. The van der Waals surface area contributed by atoms with E-state index in [-0.39, 0.29) is 32.7 Å². The van der Waals surface area contributed by atoms with Crippen molar-refractivity contribution in [2.24, 2.45) is 0 Å². The minimum absolute atomic E-state index is 0.0527. The molecule has 2 amide bonds. The number of sulfonamides is 1. The molecular formula is C23H25N5O4S2. The molecule has 1 heterocycles. The van der Waals surface area contributed by atoms with Gasteiger partial charge in [-0.1, -0.05) is 60.9 Å². The van der Waals surface area contributed by atoms with E-state index in [1.807, 2.05) is 6.07 Å². The van der Waals surface area contributed by atoms with Crippen LogP contribution in [-0.2, 0) is 10.0 Å². The Bertz CT molecular complexity index is 1300. The lowest BCUT2D eigenvalue weighted by Gasteiger charge is -2.23. The Labute approximate surface area is 202 Å². The molecule has 0 atom stereocenters. The fraction of sp³-hybridized carbons (Fsp3) is 0.304. The quantitative estimate of drug-likeness (QED) is 0.422. The number of anilines is 2. The largest absolute Gasteiger partial charge is 0.349 e. The molecule has 1 fully saturated rings. The van der Waals surface area contributed by atoms with E-state index in [9.17, 15) is 18.0 Å². The number of aromatic nitrogens is 2. The van der Waals surface area contributed by atoms with Crippen LogP contribution < -0.4 is 15.4 Å². The Hall–Kier alpha value is -3.31. The molecule has 0 bridgehead atoms. The number of para-hydroxylation sites is 1. The molecule has 2 aromatic carbocycles. The Morgan fingerprint density at radius 1 is 0.912 bits per heavy atom. The fourth-order valence-corrected chi connectivity index (χ4v) is 5.81. The second-order valence-corrected chi connectivity index (χ2v) is 10.9. The molecule has 1 aromatic heterocycles. The number of amides is 2. The predicted molar refractivity (Wildman–Crippen MR) is 131 cm³/mol. The van der Waals surface area contributed by atoms with E-state index >= 15 is 0 Å². The number of aryl methyl sites for hydroxylation is 1. The van der Waals surface area contributed by atoms with Crippen LogP contribution >= 0.6 is 11.3 Å². The first-order chi connectivity index (χ1) is 16.3. The van der Waals surface area contributed by atoms with Gasteiger partial charge in [-0.2, -0.15) is 8.42 Å². The summed E-state index contributed by atoms with van der Waals surface area (Å²) in [6.07, 6.45) is 5.14. The van der Waals surface area contributed by atoms with Crippen molar-refractivity contribution in [3.8, 4) is 0 Å². The van der Waals surface area contributed by atoms with Gasteiger partial charge in [-0.25, -0.2) is 0 Å². The fourth-order valence-electron chi connectivity index (χ4n) is 3.83. The van der Waals surface area contributed by atoms with E-state index in [0.29, 0.717) is 5.56 Å². The highest BCUT2D eigenvalue weighted by Crippen LogP contribution is 2.25. The van der Waals surface area contributed by atoms with Gasteiger partial charge in [0.25, 0.3) is 26.2 Å². The average molecular weight is 500 g/mol. The molecule has 0 aliphatic heterocycles. The van der Waals surface area contributed by atoms with Gasteiger partial charge in [-0.05, 0) is 43.5 Å². The van der Waals surface area contributed by atoms with Gasteiger partial charge < -0.3 is 5.32 Å². The predicted octanol–water partition coefficient (Wildman–Crippen LogP) is 3.96. The smallest absolute Gasteiger partial charge is 0.291 e. The second kappa shape index (κ2) is 10.3. The van der Waals surface area contributed by atoms with Crippen molar-refractivity contribution in [2.45, 2.75) is 49.4 Å². The monoisotopic (exact) mass is 499 g/mol. The van der Waals surface area contributed by atoms with Crippen LogP contribution in [-0.4, -0.2) is 36.5 Å². The van der Waals surface area contributed by atoms with Crippen LogP contribution in [0, 0.1) is 6.92 Å². The lowest BCUT2D eigenvalue weighted by atomic mass is 9.95. The lowest BCUT2D eigenvalue weighted by Crippen LogP contribution is -2.36. The Balaban J connectivity index is 1.48. The van der Waals surface area contributed by atoms with Crippen LogP contribution in [0.25, 0.3) is 0 Å². The van der Waals surface area contributed by atoms with Gasteiger partial charge in [-0.3, -0.25) is 19.6 Å². The Morgan fingerprint density at radius 2 is 1.59 bits per heavy atom. The molecule has 1 aliphatic rings. The number of hydrogen-bond donors (Lipinski definition) is 3. The maximum Gasteiger partial charge on any atom is 0.291 e. The molecule has 1 saturated carbocycles. The van der Waals surface area contributed by atoms with Gasteiger partial charge in [-0.15, -0.1) is 10.2 Å². The topological polar surface area (TPSA) is 130 Å². The average Bonchev–Trinajstić information content (AvgIpc) is 3.29. The van der Waals surface area contributed by atoms with Crippen molar-refractivity contribution in [3.63, 3.8) is 0 Å². The third-order valence-corrected chi connectivity index (χ3v) is 8.17. The molecule has 11 heteroatoms. The zero-order chi connectivity index (χ0) is 24.1. The van der Waals surface area contributed by atoms with Crippen molar-refractivity contribution >= 4 is 44.0 Å². The normalized spacial score (nSPS) is 14.4. The van der Waals surface area contributed by atoms with Gasteiger partial charge in [0, 0.05) is 11.6 Å². The second-order valence-electron chi connectivity index (χ2n) is 8.10. The molecule has 0 saturated heterocycles. The molecule has 0 spiro atoms. The van der Waals surface area contributed by atoms with Gasteiger partial charge in [0.2, 0.25) is 5.13 Å². The van der Waals surface area contributed by atoms with Crippen molar-refractivity contribution in [1.82, 2.24) is 15.5 Å². The maximum atomic E-state index is 12.9. The molecule has 0 radical (unpaired) electrons. The van der Waals surface area contributed by atoms with Crippen LogP contribution in [0.15, 0.2) is 52.9 Å². The molecule has 4 rings (SSSR count). The highest BCUT2D eigenvalue weighted by molar-refractivity contribution is 7.94. The van der Waals surface area contributed by atoms with Gasteiger partial charge in [0.15, 0.2) is 0 Å². The van der Waals surface area contributed by atoms with Crippen molar-refractivity contribution in [3.05, 3.63) is 65.2 Å². The van der Waals surface area contributed by atoms with Gasteiger partial charge in [0.1, 0.15) is 0 Å². The summed E-state index contributed by atoms with van der Waals surface area (Å²) in [7, 11) is -4.13. The van der Waals surface area contributed by atoms with E-state index in [1.54, 1.807) is 43.3 Å². The number of carbonyl (C=O) groups is 2. The number of hydrogen-bond acceptors (Lipinski definition) is 7. The number of nitrogens with one attached hydrogen (secondary N) is 3. The van der Waals surface area contributed by atoms with Crippen LogP contribution in [0.5, 0.6) is 0 Å². The Morgan fingerprint density at radius 3 is 2.32 bits per heavy atom. The lowest BCUT2D eigenvalue weighted by molar-refractivity contribution is 0.0928. The summed E-state index contributed by atoms with van der Waals surface area (Å²) < 4.78 is 28.0. The Kier molecular flexibility index (Phi) is 7.23. The first-order valence-corrected chi connectivity index (χ1v) is 13.3. The van der Waals surface area contributed by atoms with Crippen LogP contribution in [0.4, 0.5) is 10.8 Å². The first-order valence-electron chi connectivity index (χ1n) is 11.0. The van der Waals surface area contributed by atoms with E-state index in [4.69, 9.17) is 0 Å². The van der Waals surface area contributed by atoms with Crippen LogP contribution in [0.3, 0.4) is 0 Å². The molecule has 178 valence electrons. The minimum Gasteiger partial charge on any atom is -0.349 e. The number of carbonyl (C=O) groups excluding carboxylic acids is 2. The van der Waals surface area contributed by atoms with E-state index in [0.717, 1.165) is 49.0 Å². The standard InChI is InChI=1S/C23H25N5O4S2/c1-15-9-5-6-12-17(15)20(29)25-22-26-27-23(33-22)34(31,32)28-19-14-8-7-13-18(19)21(30)24-16-10-3-2-4-11-16/h5-9,12-14,16,28H,2-4,10-11H2,1H3,(H,24,30)(H,25,26,29). The molecular weight excluding hydrogens is 474 g/mol. The molecule has 3 aromatic rings. The first kappa shape index (κ1) is 23.8. The highest BCUT2D eigenvalue weighted by Gasteiger charge is 2.25. The molecule has 0 unspecified atom stereocenters. The highest BCUT2D eigenvalue weighted by atomic mass is 32.2. The van der Waals surface area contributed by atoms with Gasteiger partial charge in [0.05, 0.1) is 11.3 Å². The van der Waals surface area contributed by atoms with Crippen molar-refractivity contribution < 1.29 is 18.0 Å². The molecule has 34 heavy (non-hydrogen) atoms. The summed E-state index contributed by atoms with van der Waals surface area (Å²) in [5.74, 6) is -0.732. The SMILES string of the molecule is Cc1ccccc1C(=O)Nc1nnc(S(=O)(=O)Nc2ccccc2C(=O)NC2CCCCC2)s1. The summed E-state index contributed by atoms with van der Waals surface area (Å²) in [4.78, 5) is 25.3. The third-order valence-electron chi connectivity index (χ3n) is 5.60. The van der Waals surface area contributed by atoms with Crippen LogP contribution in [0.1, 0.15) is 58.4 Å². The maximum absolute atomic E-state index is 12.9. The summed E-state index contributed by atoms with van der Waals surface area (Å²) in [6.45, 7) is 1.80. The summed E-state index contributed by atoms with van der Waals surface area (Å²) in [6, 6.07) is 13.5. The summed E-state index contributed by atoms with van der Waals surface area (Å²) in [5, 5.41) is 13.1. The van der Waals surface area contributed by atoms with E-state index in [2.05, 4.69) is 25.6 Å². The van der Waals surface area contributed by atoms with Gasteiger partial charge >= 0.3 is 0 Å². The van der Waals surface area contributed by atoms with E-state index in [1.165, 1.54) is 6.07 Å². The van der Waals surface area contributed by atoms with Crippen molar-refractivity contribution in [2.75, 3.05) is 10.0 Å². The van der Waals surface area contributed by atoms with E-state index < -0.39 is 15.9 Å². The summed E-state index contributed by atoms with van der Waals surface area (Å²) >= 11 is 0.725.